The van der Waals surface area contributed by atoms with Gasteiger partial charge in [0.1, 0.15) is 0 Å². The van der Waals surface area contributed by atoms with E-state index >= 15 is 0 Å². The standard InChI is InChI=1S/HIO3.H3NO/c2-1(3)4;1-2/h2H;2H,1H2. The summed E-state index contributed by atoms with van der Waals surface area (Å²) in [6.07, 6.45) is 0. The van der Waals surface area contributed by atoms with E-state index in [-0.39, 0.29) is 0 Å². The lowest BCUT2D eigenvalue weighted by Crippen LogP contribution is -3.98. The van der Waals surface area contributed by atoms with E-state index in [1.54, 1.807) is 0 Å². The van der Waals surface area contributed by atoms with Crippen LogP contribution in [0.25, 0.3) is 0 Å². The average molecular weight is 209 g/mol. The predicted molar refractivity (Wildman–Crippen MR) is 8.19 cm³/mol. The molecule has 4 N–H and O–H groups in total. The van der Waals surface area contributed by atoms with Gasteiger partial charge in [-0.2, -0.15) is 0 Å². The molecular weight excluding hydrogens is 205 g/mol. The fourth-order valence-corrected chi connectivity index (χ4v) is 0. The van der Waals surface area contributed by atoms with Gasteiger partial charge in [-0.05, 0) is 3.44 Å². The number of hydrogen-bond donors (Lipinski definition) is 3. The molecule has 6 heavy (non-hydrogen) atoms. The number of hydrogen-bond acceptors (Lipinski definition) is 5. The molecule has 0 saturated carbocycles. The zero-order valence-corrected chi connectivity index (χ0v) is 4.82. The summed E-state index contributed by atoms with van der Waals surface area (Å²) in [5, 5.41) is 6.50. The Bertz CT molecular complexity index is 12.3. The van der Waals surface area contributed by atoms with Gasteiger partial charge in [-0.15, -0.1) is 0 Å². The van der Waals surface area contributed by atoms with E-state index in [0.717, 1.165) is 0 Å². The highest BCUT2D eigenvalue weighted by atomic mass is 127. The number of halogens is 1. The van der Waals surface area contributed by atoms with Gasteiger partial charge in [0.15, 0.2) is 0 Å². The molecule has 5 nitrogen and oxygen atoms in total. The van der Waals surface area contributed by atoms with E-state index in [1.807, 2.05) is 0 Å². The van der Waals surface area contributed by atoms with Crippen molar-refractivity contribution in [1.82, 2.24) is 0 Å². The zero-order valence-electron chi connectivity index (χ0n) is 2.67. The molecule has 0 unspecified atom stereocenters. The molecular formula is H4INO4. The molecule has 0 aromatic carbocycles. The lowest BCUT2D eigenvalue weighted by Gasteiger charge is -1.67. The summed E-state index contributed by atoms with van der Waals surface area (Å²) in [7, 11) is 0. The molecule has 0 heterocycles. The van der Waals surface area contributed by atoms with Gasteiger partial charge >= 0.3 is 21.1 Å². The van der Waals surface area contributed by atoms with Crippen LogP contribution in [0.2, 0.25) is 0 Å². The van der Waals surface area contributed by atoms with Crippen molar-refractivity contribution in [3.05, 3.63) is 0 Å². The first-order valence-corrected chi connectivity index (χ1v) is 3.46. The quantitative estimate of drug-likeness (QED) is 0.271. The van der Waals surface area contributed by atoms with Crippen LogP contribution in [0.1, 0.15) is 0 Å². The molecule has 0 aliphatic rings. The van der Waals surface area contributed by atoms with Crippen molar-refractivity contribution < 1.29 is 36.6 Å². The minimum absolute atomic E-state index is 3.50. The Hall–Kier alpha value is 0.530. The maximum Gasteiger partial charge on any atom is 0.503 e. The second kappa shape index (κ2) is 9.11. The Labute approximate surface area is 43.0 Å². The van der Waals surface area contributed by atoms with Crippen molar-refractivity contribution in [3.8, 4) is 0 Å². The summed E-state index contributed by atoms with van der Waals surface area (Å²) in [4.78, 5) is 0. The maximum atomic E-state index is 8.68. The van der Waals surface area contributed by atoms with Crippen molar-refractivity contribution in [3.63, 3.8) is 0 Å². The van der Waals surface area contributed by atoms with Crippen LogP contribution in [0.5, 0.6) is 0 Å². The molecule has 0 rings (SSSR count). The van der Waals surface area contributed by atoms with Gasteiger partial charge < -0.3 is 12.1 Å². The first-order chi connectivity index (χ1) is 2.73. The van der Waals surface area contributed by atoms with Crippen LogP contribution in [-0.2, 0) is 0 Å². The average Bonchev–Trinajstić information content (AvgIpc) is 1.41. The summed E-state index contributed by atoms with van der Waals surface area (Å²) in [5.74, 6) is 3.50. The topological polar surface area (TPSA) is 113 Å². The fraction of sp³-hybridized carbons (Fsp3) is 0. The van der Waals surface area contributed by atoms with E-state index in [4.69, 9.17) is 15.5 Å². The molecule has 0 aliphatic carbocycles. The maximum absolute atomic E-state index is 8.68. The van der Waals surface area contributed by atoms with Gasteiger partial charge in [0, 0.05) is 0 Å². The van der Waals surface area contributed by atoms with E-state index < -0.39 is 21.1 Å². The van der Waals surface area contributed by atoms with Gasteiger partial charge in [0.25, 0.3) is 0 Å². The van der Waals surface area contributed by atoms with Crippen molar-refractivity contribution in [2.75, 3.05) is 0 Å². The summed E-state index contributed by atoms with van der Waals surface area (Å²) in [6.45, 7) is 0. The second-order valence-corrected chi connectivity index (χ2v) is 1.35. The summed E-state index contributed by atoms with van der Waals surface area (Å²) < 4.78 is 24.5. The second-order valence-electron chi connectivity index (χ2n) is 0.201. The number of nitrogens with two attached hydrogens (primary N) is 1. The highest BCUT2D eigenvalue weighted by Gasteiger charge is 1.89. The Kier molecular flexibility index (Phi) is 14.8. The molecule has 0 bridgehead atoms. The third kappa shape index (κ3) is 201. The number of rotatable bonds is 0. The third-order valence-electron chi connectivity index (χ3n) is 0. The monoisotopic (exact) mass is 209 g/mol. The van der Waals surface area contributed by atoms with Crippen LogP contribution in [0.4, 0.5) is 0 Å². The van der Waals surface area contributed by atoms with E-state index in [2.05, 4.69) is 5.90 Å². The van der Waals surface area contributed by atoms with Gasteiger partial charge in [-0.1, -0.05) is 0 Å². The molecule has 0 radical (unpaired) electrons. The van der Waals surface area contributed by atoms with Gasteiger partial charge in [-0.25, -0.2) is 5.90 Å². The van der Waals surface area contributed by atoms with Crippen molar-refractivity contribution in [1.29, 1.82) is 0 Å². The highest BCUT2D eigenvalue weighted by molar-refractivity contribution is 2.77. The molecule has 0 amide bonds. The Balaban J connectivity index is 0. The summed E-state index contributed by atoms with van der Waals surface area (Å²) in [6, 6.07) is 0. The van der Waals surface area contributed by atoms with Crippen LogP contribution in [0.15, 0.2) is 0 Å². The van der Waals surface area contributed by atoms with Crippen molar-refractivity contribution in [2.24, 2.45) is 5.90 Å². The highest BCUT2D eigenvalue weighted by Crippen LogP contribution is 0.410. The van der Waals surface area contributed by atoms with Crippen molar-refractivity contribution >= 4 is 0 Å². The summed E-state index contributed by atoms with van der Waals surface area (Å²) in [5.41, 5.74) is 0. The minimum Gasteiger partial charge on any atom is -0.396 e. The van der Waals surface area contributed by atoms with Crippen LogP contribution in [0, 0.1) is 0 Å². The van der Waals surface area contributed by atoms with Crippen LogP contribution in [-0.4, -0.2) is 8.64 Å². The fourth-order valence-electron chi connectivity index (χ4n) is 0. The summed E-state index contributed by atoms with van der Waals surface area (Å²) >= 11 is -3.76. The van der Waals surface area contributed by atoms with Crippen molar-refractivity contribution in [2.45, 2.75) is 0 Å². The molecule has 0 atom stereocenters. The largest absolute Gasteiger partial charge is 0.503 e. The molecule has 0 aliphatic heterocycles. The molecule has 0 aromatic heterocycles. The van der Waals surface area contributed by atoms with Gasteiger partial charge in [-0.3, -0.25) is 0 Å². The lowest BCUT2D eigenvalue weighted by molar-refractivity contribution is -1.63. The molecule has 40 valence electrons. The van der Waals surface area contributed by atoms with E-state index in [0.29, 0.717) is 0 Å². The Morgan fingerprint density at radius 1 is 1.33 bits per heavy atom. The molecule has 0 aromatic rings. The van der Waals surface area contributed by atoms with E-state index in [9.17, 15) is 0 Å². The first kappa shape index (κ1) is 9.73. The zero-order chi connectivity index (χ0) is 5.58. The van der Waals surface area contributed by atoms with Gasteiger partial charge in [0.2, 0.25) is 0 Å². The van der Waals surface area contributed by atoms with Crippen LogP contribution in [0.3, 0.4) is 0 Å². The van der Waals surface area contributed by atoms with Crippen LogP contribution < -0.4 is 33.8 Å². The molecule has 0 saturated heterocycles. The third-order valence-corrected chi connectivity index (χ3v) is 0. The molecule has 0 fully saturated rings. The van der Waals surface area contributed by atoms with Gasteiger partial charge in [0.05, 0.1) is 0 Å². The van der Waals surface area contributed by atoms with E-state index in [1.165, 1.54) is 0 Å². The molecule has 6 heteroatoms. The Morgan fingerprint density at radius 2 is 1.33 bits per heavy atom. The smallest absolute Gasteiger partial charge is 0.396 e. The predicted octanol–water partition coefficient (Wildman–Crippen LogP) is -6.60. The minimum atomic E-state index is -3.76. The normalized spacial score (nSPS) is 7.00. The molecule has 0 spiro atoms. The SMILES string of the molecule is NO.[O-][I+2]([O-])O. The Morgan fingerprint density at radius 3 is 1.33 bits per heavy atom. The first-order valence-electron chi connectivity index (χ1n) is 0.736. The lowest BCUT2D eigenvalue weighted by atomic mass is 13.6. The van der Waals surface area contributed by atoms with Crippen LogP contribution >= 0.6 is 0 Å².